The van der Waals surface area contributed by atoms with Gasteiger partial charge in [0.2, 0.25) is 5.88 Å². The average Bonchev–Trinajstić information content (AvgIpc) is 2.32. The maximum atomic E-state index is 5.57. The normalized spacial score (nSPS) is 9.88. The molecule has 0 radical (unpaired) electrons. The molecule has 82 valence electrons. The van der Waals surface area contributed by atoms with E-state index in [2.05, 4.69) is 38.0 Å². The summed E-state index contributed by atoms with van der Waals surface area (Å²) in [6, 6.07) is 7.66. The van der Waals surface area contributed by atoms with Crippen LogP contribution in [0.25, 0.3) is 0 Å². The van der Waals surface area contributed by atoms with Crippen LogP contribution in [0.15, 0.2) is 36.7 Å². The van der Waals surface area contributed by atoms with E-state index >= 15 is 0 Å². The SMILES string of the molecule is NNc1cncc(Oc2ccccc2I)n1. The zero-order chi connectivity index (χ0) is 11.4. The van der Waals surface area contributed by atoms with Crippen molar-refractivity contribution in [2.75, 3.05) is 5.43 Å². The Balaban J connectivity index is 2.24. The molecule has 0 saturated carbocycles. The van der Waals surface area contributed by atoms with Gasteiger partial charge >= 0.3 is 0 Å². The number of nitrogen functional groups attached to an aromatic ring is 1. The number of para-hydroxylation sites is 1. The van der Waals surface area contributed by atoms with Crippen molar-refractivity contribution in [2.24, 2.45) is 5.84 Å². The van der Waals surface area contributed by atoms with Crippen LogP contribution < -0.4 is 16.0 Å². The van der Waals surface area contributed by atoms with Gasteiger partial charge in [0, 0.05) is 0 Å². The van der Waals surface area contributed by atoms with E-state index in [-0.39, 0.29) is 0 Å². The molecule has 2 rings (SSSR count). The first-order valence-corrected chi connectivity index (χ1v) is 5.58. The second-order valence-electron chi connectivity index (χ2n) is 2.92. The lowest BCUT2D eigenvalue weighted by atomic mass is 10.3. The lowest BCUT2D eigenvalue weighted by molar-refractivity contribution is 0.458. The molecule has 0 aliphatic heterocycles. The fraction of sp³-hybridized carbons (Fsp3) is 0. The zero-order valence-corrected chi connectivity index (χ0v) is 10.4. The van der Waals surface area contributed by atoms with Gasteiger partial charge in [-0.25, -0.2) is 5.84 Å². The molecule has 0 atom stereocenters. The van der Waals surface area contributed by atoms with Crippen LogP contribution in [-0.4, -0.2) is 9.97 Å². The van der Waals surface area contributed by atoms with E-state index in [0.29, 0.717) is 11.7 Å². The molecule has 16 heavy (non-hydrogen) atoms. The fourth-order valence-corrected chi connectivity index (χ4v) is 1.60. The Hall–Kier alpha value is -1.41. The molecular formula is C10H9IN4O. The van der Waals surface area contributed by atoms with E-state index in [1.807, 2.05) is 24.3 Å². The number of nitrogens with one attached hydrogen (secondary N) is 1. The molecule has 2 aromatic rings. The number of hydrazine groups is 1. The molecule has 6 heteroatoms. The first kappa shape index (κ1) is 11.1. The highest BCUT2D eigenvalue weighted by molar-refractivity contribution is 14.1. The second kappa shape index (κ2) is 5.08. The molecule has 0 amide bonds. The summed E-state index contributed by atoms with van der Waals surface area (Å²) in [6.07, 6.45) is 3.05. The number of benzene rings is 1. The Morgan fingerprint density at radius 3 is 2.81 bits per heavy atom. The van der Waals surface area contributed by atoms with Gasteiger partial charge in [0.25, 0.3) is 0 Å². The van der Waals surface area contributed by atoms with Crippen LogP contribution in [0, 0.1) is 3.57 Å². The number of anilines is 1. The van der Waals surface area contributed by atoms with E-state index in [0.717, 1.165) is 9.32 Å². The minimum atomic E-state index is 0.402. The molecule has 0 aliphatic carbocycles. The van der Waals surface area contributed by atoms with Crippen molar-refractivity contribution in [1.82, 2.24) is 9.97 Å². The maximum absolute atomic E-state index is 5.57. The van der Waals surface area contributed by atoms with Crippen molar-refractivity contribution in [1.29, 1.82) is 0 Å². The van der Waals surface area contributed by atoms with Crippen molar-refractivity contribution >= 4 is 28.4 Å². The fourth-order valence-electron chi connectivity index (χ4n) is 1.11. The number of aromatic nitrogens is 2. The maximum Gasteiger partial charge on any atom is 0.239 e. The molecular weight excluding hydrogens is 319 g/mol. The van der Waals surface area contributed by atoms with Gasteiger partial charge in [0.05, 0.1) is 16.0 Å². The molecule has 0 saturated heterocycles. The largest absolute Gasteiger partial charge is 0.436 e. The molecule has 0 fully saturated rings. The monoisotopic (exact) mass is 328 g/mol. The molecule has 1 aromatic carbocycles. The number of hydrogen-bond donors (Lipinski definition) is 2. The van der Waals surface area contributed by atoms with Gasteiger partial charge in [-0.1, -0.05) is 12.1 Å². The Labute approximate surface area is 106 Å². The van der Waals surface area contributed by atoms with Gasteiger partial charge in [-0.05, 0) is 34.7 Å². The van der Waals surface area contributed by atoms with Crippen molar-refractivity contribution < 1.29 is 4.74 Å². The van der Waals surface area contributed by atoms with Crippen LogP contribution in [-0.2, 0) is 0 Å². The van der Waals surface area contributed by atoms with Crippen LogP contribution in [0.3, 0.4) is 0 Å². The second-order valence-corrected chi connectivity index (χ2v) is 4.08. The van der Waals surface area contributed by atoms with Gasteiger partial charge in [0.15, 0.2) is 5.82 Å². The quantitative estimate of drug-likeness (QED) is 0.513. The Kier molecular flexibility index (Phi) is 3.52. The first-order chi connectivity index (χ1) is 7.79. The molecule has 0 unspecified atom stereocenters. The number of rotatable bonds is 3. The molecule has 1 aromatic heterocycles. The molecule has 1 heterocycles. The van der Waals surface area contributed by atoms with E-state index < -0.39 is 0 Å². The van der Waals surface area contributed by atoms with Gasteiger partial charge in [-0.3, -0.25) is 4.98 Å². The number of halogens is 1. The van der Waals surface area contributed by atoms with Gasteiger partial charge < -0.3 is 10.2 Å². The highest BCUT2D eigenvalue weighted by Crippen LogP contribution is 2.24. The number of nitrogens with two attached hydrogens (primary N) is 1. The van der Waals surface area contributed by atoms with Crippen molar-refractivity contribution in [3.63, 3.8) is 0 Å². The summed E-state index contributed by atoms with van der Waals surface area (Å²) in [4.78, 5) is 8.05. The smallest absolute Gasteiger partial charge is 0.239 e. The van der Waals surface area contributed by atoms with Gasteiger partial charge in [-0.15, -0.1) is 0 Å². The van der Waals surface area contributed by atoms with Gasteiger partial charge in [-0.2, -0.15) is 4.98 Å². The van der Waals surface area contributed by atoms with Crippen molar-refractivity contribution in [3.05, 3.63) is 40.2 Å². The highest BCUT2D eigenvalue weighted by atomic mass is 127. The third kappa shape index (κ3) is 2.58. The number of hydrogen-bond acceptors (Lipinski definition) is 5. The molecule has 3 N–H and O–H groups in total. The predicted octanol–water partition coefficient (Wildman–Crippen LogP) is 2.16. The average molecular weight is 328 g/mol. The number of nitrogens with zero attached hydrogens (tertiary/aromatic N) is 2. The van der Waals surface area contributed by atoms with Crippen LogP contribution in [0.4, 0.5) is 5.82 Å². The van der Waals surface area contributed by atoms with Crippen LogP contribution >= 0.6 is 22.6 Å². The summed E-state index contributed by atoms with van der Waals surface area (Å²) in [5.74, 6) is 6.84. The number of ether oxygens (including phenoxy) is 1. The van der Waals surface area contributed by atoms with Crippen LogP contribution in [0.5, 0.6) is 11.6 Å². The summed E-state index contributed by atoms with van der Waals surface area (Å²) >= 11 is 2.19. The molecule has 0 aliphatic rings. The zero-order valence-electron chi connectivity index (χ0n) is 8.22. The van der Waals surface area contributed by atoms with E-state index in [1.54, 1.807) is 0 Å². The van der Waals surface area contributed by atoms with Gasteiger partial charge in [0.1, 0.15) is 5.75 Å². The third-order valence-electron chi connectivity index (χ3n) is 1.81. The minimum absolute atomic E-state index is 0.402. The lowest BCUT2D eigenvalue weighted by Crippen LogP contribution is -2.09. The molecule has 0 spiro atoms. The van der Waals surface area contributed by atoms with E-state index in [1.165, 1.54) is 12.4 Å². The van der Waals surface area contributed by atoms with Crippen molar-refractivity contribution in [3.8, 4) is 11.6 Å². The van der Waals surface area contributed by atoms with Crippen LogP contribution in [0.1, 0.15) is 0 Å². The Bertz CT molecular complexity index is 492. The predicted molar refractivity (Wildman–Crippen MR) is 69.1 cm³/mol. The summed E-state index contributed by atoms with van der Waals surface area (Å²) in [7, 11) is 0. The third-order valence-corrected chi connectivity index (χ3v) is 2.70. The summed E-state index contributed by atoms with van der Waals surface area (Å²) in [6.45, 7) is 0. The highest BCUT2D eigenvalue weighted by Gasteiger charge is 2.03. The summed E-state index contributed by atoms with van der Waals surface area (Å²) in [5, 5.41) is 0. The van der Waals surface area contributed by atoms with E-state index in [9.17, 15) is 0 Å². The van der Waals surface area contributed by atoms with Crippen molar-refractivity contribution in [2.45, 2.75) is 0 Å². The Morgan fingerprint density at radius 2 is 2.06 bits per heavy atom. The van der Waals surface area contributed by atoms with E-state index in [4.69, 9.17) is 10.6 Å². The Morgan fingerprint density at radius 1 is 1.25 bits per heavy atom. The standard InChI is InChI=1S/C10H9IN4O/c11-7-3-1-2-4-8(7)16-10-6-13-5-9(14-10)15-12/h1-6H,12H2,(H,14,15). The lowest BCUT2D eigenvalue weighted by Gasteiger charge is -2.06. The summed E-state index contributed by atoms with van der Waals surface area (Å²) < 4.78 is 6.58. The molecule has 5 nitrogen and oxygen atoms in total. The topological polar surface area (TPSA) is 73.1 Å². The molecule has 0 bridgehead atoms. The minimum Gasteiger partial charge on any atom is -0.436 e. The first-order valence-electron chi connectivity index (χ1n) is 4.50. The summed E-state index contributed by atoms with van der Waals surface area (Å²) in [5.41, 5.74) is 2.41. The van der Waals surface area contributed by atoms with Crippen LogP contribution in [0.2, 0.25) is 0 Å².